The van der Waals surface area contributed by atoms with Gasteiger partial charge in [0.2, 0.25) is 0 Å². The normalized spacial score (nSPS) is 18.5. The van der Waals surface area contributed by atoms with Gasteiger partial charge in [-0.3, -0.25) is 0 Å². The minimum absolute atomic E-state index is 0.0900. The van der Waals surface area contributed by atoms with Crippen LogP contribution in [0, 0.1) is 5.82 Å². The van der Waals surface area contributed by atoms with Gasteiger partial charge in [0.05, 0.1) is 6.10 Å². The highest BCUT2D eigenvalue weighted by Gasteiger charge is 2.16. The van der Waals surface area contributed by atoms with Crippen LogP contribution in [0.15, 0.2) is 24.3 Å². The third-order valence-corrected chi connectivity index (χ3v) is 4.51. The van der Waals surface area contributed by atoms with Crippen molar-refractivity contribution in [3.8, 4) is 0 Å². The molecule has 1 unspecified atom stereocenters. The van der Waals surface area contributed by atoms with E-state index in [9.17, 15) is 9.50 Å². The Hall–Kier alpha value is -0.970. The number of likely N-dealkylation sites (tertiary alicyclic amines) is 1. The van der Waals surface area contributed by atoms with Crippen LogP contribution in [-0.2, 0) is 6.42 Å². The fraction of sp³-hybridized carbons (Fsp3) is 0.667. The molecule has 1 atom stereocenters. The fourth-order valence-corrected chi connectivity index (χ4v) is 2.97. The molecule has 0 amide bonds. The van der Waals surface area contributed by atoms with Crippen LogP contribution in [0.25, 0.3) is 0 Å². The number of piperidine rings is 1. The number of benzene rings is 1. The van der Waals surface area contributed by atoms with Crippen LogP contribution < -0.4 is 5.32 Å². The van der Waals surface area contributed by atoms with E-state index in [2.05, 4.69) is 17.1 Å². The van der Waals surface area contributed by atoms with Crippen molar-refractivity contribution in [2.24, 2.45) is 0 Å². The standard InChI is InChI=1S/C18H29FN2O/c1-15(7-8-16-5-2-3-6-18(16)19)20-11-4-12-21-13-9-17(22)10-14-21/h2-3,5-6,15,17,20,22H,4,7-14H2,1H3. The molecule has 1 aliphatic rings. The number of nitrogens with zero attached hydrogens (tertiary/aromatic N) is 1. The Balaban J connectivity index is 1.54. The second-order valence-electron chi connectivity index (χ2n) is 6.41. The monoisotopic (exact) mass is 308 g/mol. The summed E-state index contributed by atoms with van der Waals surface area (Å²) in [5.41, 5.74) is 0.808. The average molecular weight is 308 g/mol. The van der Waals surface area contributed by atoms with Gasteiger partial charge in [0.15, 0.2) is 0 Å². The summed E-state index contributed by atoms with van der Waals surface area (Å²) < 4.78 is 13.5. The second-order valence-corrected chi connectivity index (χ2v) is 6.41. The van der Waals surface area contributed by atoms with Crippen LogP contribution in [0.3, 0.4) is 0 Å². The maximum Gasteiger partial charge on any atom is 0.126 e. The van der Waals surface area contributed by atoms with Gasteiger partial charge >= 0.3 is 0 Å². The van der Waals surface area contributed by atoms with E-state index in [1.165, 1.54) is 6.07 Å². The Labute approximate surface area is 133 Å². The van der Waals surface area contributed by atoms with Gasteiger partial charge in [0.25, 0.3) is 0 Å². The summed E-state index contributed by atoms with van der Waals surface area (Å²) in [6, 6.07) is 7.44. The molecule has 1 aliphatic heterocycles. The van der Waals surface area contributed by atoms with Gasteiger partial charge in [-0.15, -0.1) is 0 Å². The third-order valence-electron chi connectivity index (χ3n) is 4.51. The molecule has 1 fully saturated rings. The lowest BCUT2D eigenvalue weighted by atomic mass is 10.1. The van der Waals surface area contributed by atoms with E-state index < -0.39 is 0 Å². The van der Waals surface area contributed by atoms with Crippen LogP contribution in [0.4, 0.5) is 4.39 Å². The molecular formula is C18H29FN2O. The molecule has 4 heteroatoms. The highest BCUT2D eigenvalue weighted by molar-refractivity contribution is 5.17. The first-order valence-corrected chi connectivity index (χ1v) is 8.52. The molecule has 124 valence electrons. The minimum Gasteiger partial charge on any atom is -0.393 e. The smallest absolute Gasteiger partial charge is 0.126 e. The molecule has 0 radical (unpaired) electrons. The maximum absolute atomic E-state index is 13.5. The summed E-state index contributed by atoms with van der Waals surface area (Å²) in [6.07, 6.45) is 4.59. The molecule has 2 rings (SSSR count). The lowest BCUT2D eigenvalue weighted by Crippen LogP contribution is -2.38. The summed E-state index contributed by atoms with van der Waals surface area (Å²) in [7, 11) is 0. The Kier molecular flexibility index (Phi) is 7.30. The molecule has 0 aromatic heterocycles. The number of hydrogen-bond acceptors (Lipinski definition) is 3. The molecule has 22 heavy (non-hydrogen) atoms. The molecule has 0 saturated carbocycles. The van der Waals surface area contributed by atoms with Crippen molar-refractivity contribution in [1.82, 2.24) is 10.2 Å². The first kappa shape index (κ1) is 17.4. The zero-order valence-corrected chi connectivity index (χ0v) is 13.6. The number of nitrogens with one attached hydrogen (secondary N) is 1. The van der Waals surface area contributed by atoms with E-state index >= 15 is 0 Å². The van der Waals surface area contributed by atoms with E-state index in [-0.39, 0.29) is 11.9 Å². The van der Waals surface area contributed by atoms with Crippen molar-refractivity contribution in [1.29, 1.82) is 0 Å². The molecule has 1 heterocycles. The van der Waals surface area contributed by atoms with E-state index in [1.54, 1.807) is 6.07 Å². The molecule has 1 aromatic carbocycles. The Bertz CT molecular complexity index is 433. The molecule has 3 nitrogen and oxygen atoms in total. The van der Waals surface area contributed by atoms with Gasteiger partial charge in [-0.2, -0.15) is 0 Å². The zero-order valence-electron chi connectivity index (χ0n) is 13.6. The van der Waals surface area contributed by atoms with Crippen LogP contribution >= 0.6 is 0 Å². The van der Waals surface area contributed by atoms with Gasteiger partial charge in [0, 0.05) is 19.1 Å². The van der Waals surface area contributed by atoms with Gasteiger partial charge in [-0.05, 0) is 63.7 Å². The van der Waals surface area contributed by atoms with Gasteiger partial charge < -0.3 is 15.3 Å². The van der Waals surface area contributed by atoms with Crippen LogP contribution in [0.5, 0.6) is 0 Å². The average Bonchev–Trinajstić information content (AvgIpc) is 2.52. The largest absolute Gasteiger partial charge is 0.393 e. The molecule has 2 N–H and O–H groups in total. The zero-order chi connectivity index (χ0) is 15.8. The number of aryl methyl sites for hydroxylation is 1. The van der Waals surface area contributed by atoms with Gasteiger partial charge in [-0.25, -0.2) is 4.39 Å². The fourth-order valence-electron chi connectivity index (χ4n) is 2.97. The molecule has 1 aromatic rings. The molecule has 1 saturated heterocycles. The lowest BCUT2D eigenvalue weighted by molar-refractivity contribution is 0.0820. The third kappa shape index (κ3) is 6.03. The van der Waals surface area contributed by atoms with Crippen molar-refractivity contribution in [3.63, 3.8) is 0 Å². The highest BCUT2D eigenvalue weighted by atomic mass is 19.1. The van der Waals surface area contributed by atoms with E-state index in [0.717, 1.165) is 63.8 Å². The van der Waals surface area contributed by atoms with E-state index in [4.69, 9.17) is 0 Å². The summed E-state index contributed by atoms with van der Waals surface area (Å²) in [5.74, 6) is -0.0954. The summed E-state index contributed by atoms with van der Waals surface area (Å²) in [6.45, 7) is 6.29. The Morgan fingerprint density at radius 1 is 1.32 bits per heavy atom. The molecule has 0 aliphatic carbocycles. The number of rotatable bonds is 8. The predicted octanol–water partition coefficient (Wildman–Crippen LogP) is 2.58. The number of hydrogen-bond donors (Lipinski definition) is 2. The Morgan fingerprint density at radius 2 is 2.05 bits per heavy atom. The SMILES string of the molecule is CC(CCc1ccccc1F)NCCCN1CCC(O)CC1. The van der Waals surface area contributed by atoms with Crippen LogP contribution in [0.1, 0.15) is 38.2 Å². The number of halogens is 1. The van der Waals surface area contributed by atoms with Crippen molar-refractivity contribution in [2.45, 2.75) is 51.2 Å². The molecule has 0 bridgehead atoms. The van der Waals surface area contributed by atoms with Crippen molar-refractivity contribution in [2.75, 3.05) is 26.2 Å². The first-order valence-electron chi connectivity index (χ1n) is 8.52. The van der Waals surface area contributed by atoms with Crippen LogP contribution in [-0.4, -0.2) is 48.3 Å². The van der Waals surface area contributed by atoms with Crippen molar-refractivity contribution < 1.29 is 9.50 Å². The number of aliphatic hydroxyl groups excluding tert-OH is 1. The summed E-state index contributed by atoms with van der Waals surface area (Å²) >= 11 is 0. The predicted molar refractivity (Wildman–Crippen MR) is 88.5 cm³/mol. The van der Waals surface area contributed by atoms with E-state index in [0.29, 0.717) is 6.04 Å². The minimum atomic E-state index is -0.0954. The maximum atomic E-state index is 13.5. The quantitative estimate of drug-likeness (QED) is 0.725. The summed E-state index contributed by atoms with van der Waals surface area (Å²) in [5, 5.41) is 13.0. The summed E-state index contributed by atoms with van der Waals surface area (Å²) in [4.78, 5) is 2.43. The van der Waals surface area contributed by atoms with Gasteiger partial charge in [0.1, 0.15) is 5.82 Å². The number of aliphatic hydroxyl groups is 1. The van der Waals surface area contributed by atoms with Crippen LogP contribution in [0.2, 0.25) is 0 Å². The molecule has 0 spiro atoms. The van der Waals surface area contributed by atoms with E-state index in [1.807, 2.05) is 12.1 Å². The second kappa shape index (κ2) is 9.23. The lowest BCUT2D eigenvalue weighted by Gasteiger charge is -2.29. The molecular weight excluding hydrogens is 279 g/mol. The van der Waals surface area contributed by atoms with Crippen molar-refractivity contribution >= 4 is 0 Å². The topological polar surface area (TPSA) is 35.5 Å². The van der Waals surface area contributed by atoms with Gasteiger partial charge in [-0.1, -0.05) is 18.2 Å². The van der Waals surface area contributed by atoms with Crippen molar-refractivity contribution in [3.05, 3.63) is 35.6 Å². The highest BCUT2D eigenvalue weighted by Crippen LogP contribution is 2.11. The first-order chi connectivity index (χ1) is 10.6. The Morgan fingerprint density at radius 3 is 2.77 bits per heavy atom.